The summed E-state index contributed by atoms with van der Waals surface area (Å²) in [5, 5.41) is 2.59. The van der Waals surface area contributed by atoms with Gasteiger partial charge in [-0.05, 0) is 10.5 Å². The normalized spacial score (nSPS) is 10.2. The Morgan fingerprint density at radius 2 is 2.42 bits per heavy atom. The Bertz CT molecular complexity index is 148. The second-order valence-electron chi connectivity index (χ2n) is 2.23. The monoisotopic (exact) mass is 283 g/mol. The summed E-state index contributed by atoms with van der Waals surface area (Å²) in [6, 6.07) is 0. The van der Waals surface area contributed by atoms with Crippen LogP contribution >= 0.6 is 22.6 Å². The fourth-order valence-electron chi connectivity index (χ4n) is 0.547. The first kappa shape index (κ1) is 11.7. The SMILES string of the molecule is CCCCOC(=O)NCC=CI. The minimum atomic E-state index is -0.335. The Labute approximate surface area is 86.7 Å². The van der Waals surface area contributed by atoms with Gasteiger partial charge in [-0.15, -0.1) is 0 Å². The summed E-state index contributed by atoms with van der Waals surface area (Å²) in [7, 11) is 0. The fourth-order valence-corrected chi connectivity index (χ4v) is 0.801. The summed E-state index contributed by atoms with van der Waals surface area (Å²) in [4.78, 5) is 10.8. The van der Waals surface area contributed by atoms with Crippen LogP contribution in [-0.2, 0) is 4.74 Å². The number of carbonyl (C=O) groups excluding carboxylic acids is 1. The Morgan fingerprint density at radius 1 is 1.67 bits per heavy atom. The molecular weight excluding hydrogens is 269 g/mol. The largest absolute Gasteiger partial charge is 0.450 e. The zero-order valence-corrected chi connectivity index (χ0v) is 9.34. The number of ether oxygens (including phenoxy) is 1. The van der Waals surface area contributed by atoms with E-state index in [4.69, 9.17) is 4.74 Å². The van der Waals surface area contributed by atoms with Crippen LogP contribution in [0, 0.1) is 0 Å². The number of amides is 1. The summed E-state index contributed by atoms with van der Waals surface area (Å²) < 4.78 is 6.69. The molecule has 0 fully saturated rings. The predicted molar refractivity (Wildman–Crippen MR) is 57.4 cm³/mol. The first-order valence-corrected chi connectivity index (χ1v) is 5.21. The van der Waals surface area contributed by atoms with E-state index < -0.39 is 0 Å². The summed E-state index contributed by atoms with van der Waals surface area (Å²) in [6.45, 7) is 3.10. The van der Waals surface area contributed by atoms with Crippen molar-refractivity contribution in [1.82, 2.24) is 5.32 Å². The third-order valence-electron chi connectivity index (χ3n) is 1.18. The number of halogens is 1. The van der Waals surface area contributed by atoms with Gasteiger partial charge in [0.1, 0.15) is 0 Å². The minimum Gasteiger partial charge on any atom is -0.450 e. The van der Waals surface area contributed by atoms with Crippen LogP contribution in [0.3, 0.4) is 0 Å². The van der Waals surface area contributed by atoms with Crippen molar-refractivity contribution >= 4 is 28.7 Å². The molecular formula is C8H14INO2. The molecule has 0 saturated heterocycles. The lowest BCUT2D eigenvalue weighted by Crippen LogP contribution is -2.24. The molecule has 0 heterocycles. The zero-order valence-electron chi connectivity index (χ0n) is 7.18. The maximum Gasteiger partial charge on any atom is 0.407 e. The van der Waals surface area contributed by atoms with Crippen molar-refractivity contribution in [3.05, 3.63) is 10.2 Å². The summed E-state index contributed by atoms with van der Waals surface area (Å²) in [5.41, 5.74) is 0. The van der Waals surface area contributed by atoms with E-state index in [0.717, 1.165) is 12.8 Å². The van der Waals surface area contributed by atoms with Gasteiger partial charge in [0, 0.05) is 6.54 Å². The molecule has 0 unspecified atom stereocenters. The van der Waals surface area contributed by atoms with Gasteiger partial charge in [0.15, 0.2) is 0 Å². The molecule has 0 aliphatic rings. The predicted octanol–water partition coefficient (Wildman–Crippen LogP) is 2.46. The van der Waals surface area contributed by atoms with Gasteiger partial charge >= 0.3 is 6.09 Å². The highest BCUT2D eigenvalue weighted by Crippen LogP contribution is 1.88. The van der Waals surface area contributed by atoms with E-state index in [1.165, 1.54) is 0 Å². The second-order valence-corrected chi connectivity index (χ2v) is 2.95. The van der Waals surface area contributed by atoms with Gasteiger partial charge in [-0.2, -0.15) is 0 Å². The molecule has 0 aromatic heterocycles. The van der Waals surface area contributed by atoms with E-state index in [1.807, 2.05) is 10.2 Å². The lowest BCUT2D eigenvalue weighted by molar-refractivity contribution is 0.145. The zero-order chi connectivity index (χ0) is 9.23. The van der Waals surface area contributed by atoms with Gasteiger partial charge in [-0.25, -0.2) is 4.79 Å². The first-order valence-electron chi connectivity index (χ1n) is 3.97. The van der Waals surface area contributed by atoms with E-state index in [1.54, 1.807) is 0 Å². The Hall–Kier alpha value is -0.260. The molecule has 3 nitrogen and oxygen atoms in total. The van der Waals surface area contributed by atoms with Crippen LogP contribution in [0.25, 0.3) is 0 Å². The standard InChI is InChI=1S/C8H14INO2/c1-2-3-7-12-8(11)10-6-4-5-9/h4-5H,2-3,6-7H2,1H3,(H,10,11). The number of carbonyl (C=O) groups is 1. The molecule has 0 saturated carbocycles. The van der Waals surface area contributed by atoms with E-state index in [2.05, 4.69) is 34.8 Å². The number of rotatable bonds is 5. The third-order valence-corrected chi connectivity index (χ3v) is 1.69. The quantitative estimate of drug-likeness (QED) is 0.621. The average Bonchev–Trinajstić information content (AvgIpc) is 2.06. The van der Waals surface area contributed by atoms with Gasteiger partial charge in [0.2, 0.25) is 0 Å². The van der Waals surface area contributed by atoms with Crippen molar-refractivity contribution in [3.8, 4) is 0 Å². The Kier molecular flexibility index (Phi) is 8.64. The molecule has 0 aliphatic carbocycles. The van der Waals surface area contributed by atoms with Crippen molar-refractivity contribution in [2.75, 3.05) is 13.2 Å². The van der Waals surface area contributed by atoms with Crippen LogP contribution in [0.1, 0.15) is 19.8 Å². The first-order chi connectivity index (χ1) is 5.81. The van der Waals surface area contributed by atoms with Gasteiger partial charge in [-0.3, -0.25) is 0 Å². The molecule has 0 bridgehead atoms. The highest BCUT2D eigenvalue weighted by molar-refractivity contribution is 14.1. The molecule has 1 N–H and O–H groups in total. The van der Waals surface area contributed by atoms with Crippen LogP contribution in [0.5, 0.6) is 0 Å². The molecule has 0 atom stereocenters. The maximum absolute atomic E-state index is 10.8. The Balaban J connectivity index is 3.21. The third kappa shape index (κ3) is 7.84. The lowest BCUT2D eigenvalue weighted by atomic mass is 10.4. The van der Waals surface area contributed by atoms with E-state index in [9.17, 15) is 4.79 Å². The number of nitrogens with one attached hydrogen (secondary N) is 1. The topological polar surface area (TPSA) is 38.3 Å². The van der Waals surface area contributed by atoms with Gasteiger partial charge < -0.3 is 10.1 Å². The molecule has 0 aliphatic heterocycles. The highest BCUT2D eigenvalue weighted by Gasteiger charge is 1.96. The molecule has 0 aromatic rings. The van der Waals surface area contributed by atoms with E-state index >= 15 is 0 Å². The summed E-state index contributed by atoms with van der Waals surface area (Å²) >= 11 is 2.10. The van der Waals surface area contributed by atoms with E-state index in [0.29, 0.717) is 13.2 Å². The molecule has 12 heavy (non-hydrogen) atoms. The molecule has 0 aromatic carbocycles. The summed E-state index contributed by atoms with van der Waals surface area (Å²) in [5.74, 6) is 0. The van der Waals surface area contributed by atoms with Gasteiger partial charge in [0.05, 0.1) is 6.61 Å². The molecule has 4 heteroatoms. The number of alkyl carbamates (subject to hydrolysis) is 1. The van der Waals surface area contributed by atoms with Gasteiger partial charge in [-0.1, -0.05) is 42.0 Å². The number of hydrogen-bond donors (Lipinski definition) is 1. The lowest BCUT2D eigenvalue weighted by Gasteiger charge is -2.03. The van der Waals surface area contributed by atoms with Gasteiger partial charge in [0.25, 0.3) is 0 Å². The van der Waals surface area contributed by atoms with Crippen molar-refractivity contribution < 1.29 is 9.53 Å². The molecule has 0 rings (SSSR count). The molecule has 0 spiro atoms. The van der Waals surface area contributed by atoms with Crippen molar-refractivity contribution in [1.29, 1.82) is 0 Å². The molecule has 1 amide bonds. The highest BCUT2D eigenvalue weighted by atomic mass is 127. The van der Waals surface area contributed by atoms with Crippen LogP contribution in [0.4, 0.5) is 4.79 Å². The molecule has 0 radical (unpaired) electrons. The average molecular weight is 283 g/mol. The Morgan fingerprint density at radius 3 is 3.00 bits per heavy atom. The van der Waals surface area contributed by atoms with E-state index in [-0.39, 0.29) is 6.09 Å². The number of unbranched alkanes of at least 4 members (excludes halogenated alkanes) is 1. The molecule has 70 valence electrons. The maximum atomic E-state index is 10.8. The van der Waals surface area contributed by atoms with Crippen molar-refractivity contribution in [2.45, 2.75) is 19.8 Å². The van der Waals surface area contributed by atoms with Crippen LogP contribution in [0.15, 0.2) is 10.2 Å². The van der Waals surface area contributed by atoms with Crippen molar-refractivity contribution in [3.63, 3.8) is 0 Å². The van der Waals surface area contributed by atoms with Crippen LogP contribution < -0.4 is 5.32 Å². The van der Waals surface area contributed by atoms with Crippen molar-refractivity contribution in [2.24, 2.45) is 0 Å². The van der Waals surface area contributed by atoms with Crippen LogP contribution in [-0.4, -0.2) is 19.2 Å². The second kappa shape index (κ2) is 8.83. The van der Waals surface area contributed by atoms with Crippen LogP contribution in [0.2, 0.25) is 0 Å². The fraction of sp³-hybridized carbons (Fsp3) is 0.625. The summed E-state index contributed by atoms with van der Waals surface area (Å²) in [6.07, 6.45) is 3.48. The smallest absolute Gasteiger partial charge is 0.407 e. The number of hydrogen-bond acceptors (Lipinski definition) is 2. The minimum absolute atomic E-state index is 0.335.